The van der Waals surface area contributed by atoms with Crippen LogP contribution in [0.4, 0.5) is 0 Å². The summed E-state index contributed by atoms with van der Waals surface area (Å²) in [4.78, 5) is 0. The summed E-state index contributed by atoms with van der Waals surface area (Å²) in [7, 11) is 0. The Hall–Kier alpha value is 1.14. The third-order valence-electron chi connectivity index (χ3n) is 0. The van der Waals surface area contributed by atoms with Gasteiger partial charge in [0.2, 0.25) is 0 Å². The van der Waals surface area contributed by atoms with Crippen LogP contribution < -0.4 is 37.2 Å². The molecule has 12 N–H and O–H groups in total. The topological polar surface area (TPSA) is 189 Å². The second-order valence-corrected chi connectivity index (χ2v) is 0. The first-order valence-electron chi connectivity index (χ1n) is 0. The SMILES string of the molecule is O.O.O.O.O.O.[Cl-].[Cl-].[Cl-].[Co+3]. The summed E-state index contributed by atoms with van der Waals surface area (Å²) in [6.07, 6.45) is 0. The predicted octanol–water partition coefficient (Wildman–Crippen LogP) is -13.9. The quantitative estimate of drug-likeness (QED) is 0.405. The molecule has 0 atom stereocenters. The molecular formula is H12Cl3CoO6. The van der Waals surface area contributed by atoms with Gasteiger partial charge in [-0.15, -0.1) is 0 Å². The van der Waals surface area contributed by atoms with E-state index in [1.54, 1.807) is 0 Å². The molecule has 10 heavy (non-hydrogen) atoms. The van der Waals surface area contributed by atoms with Crippen LogP contribution in [0.1, 0.15) is 0 Å². The second-order valence-electron chi connectivity index (χ2n) is 0. The average Bonchev–Trinajstić information content (AvgIpc) is 0. The summed E-state index contributed by atoms with van der Waals surface area (Å²) >= 11 is 0. The van der Waals surface area contributed by atoms with E-state index < -0.39 is 0 Å². The molecule has 10 heteroatoms. The summed E-state index contributed by atoms with van der Waals surface area (Å²) in [6, 6.07) is 0. The maximum Gasteiger partial charge on any atom is 3.00 e. The molecule has 0 aliphatic carbocycles. The van der Waals surface area contributed by atoms with Gasteiger partial charge < -0.3 is 70.1 Å². The van der Waals surface area contributed by atoms with Crippen LogP contribution in [0.3, 0.4) is 0 Å². The van der Waals surface area contributed by atoms with Crippen LogP contribution >= 0.6 is 0 Å². The van der Waals surface area contributed by atoms with E-state index in [9.17, 15) is 0 Å². The van der Waals surface area contributed by atoms with E-state index in [4.69, 9.17) is 0 Å². The van der Waals surface area contributed by atoms with Crippen LogP contribution in [0, 0.1) is 0 Å². The molecule has 0 aliphatic rings. The van der Waals surface area contributed by atoms with E-state index >= 15 is 0 Å². The van der Waals surface area contributed by atoms with Gasteiger partial charge in [0.15, 0.2) is 0 Å². The van der Waals surface area contributed by atoms with E-state index in [0.717, 1.165) is 0 Å². The standard InChI is InChI=1S/3ClH.Co.6H2O/h3*1H;;6*1H2/q;;;+3;;;;;;/p-3. The first-order chi connectivity index (χ1) is 0. The summed E-state index contributed by atoms with van der Waals surface area (Å²) < 4.78 is 0. The molecule has 0 unspecified atom stereocenters. The predicted molar refractivity (Wildman–Crippen MR) is 21.7 cm³/mol. The number of hydrogen-bond acceptors (Lipinski definition) is 0. The Labute approximate surface area is 87.0 Å². The second kappa shape index (κ2) is 655. The van der Waals surface area contributed by atoms with Crippen molar-refractivity contribution in [3.8, 4) is 0 Å². The van der Waals surface area contributed by atoms with Crippen LogP contribution in [-0.4, -0.2) is 32.9 Å². The Balaban J connectivity index is 0. The maximum absolute atomic E-state index is 0. The van der Waals surface area contributed by atoms with Gasteiger partial charge in [-0.25, -0.2) is 0 Å². The Morgan fingerprint density at radius 2 is 0.300 bits per heavy atom. The zero-order valence-corrected chi connectivity index (χ0v) is 7.78. The Morgan fingerprint density at radius 1 is 0.300 bits per heavy atom. The van der Waals surface area contributed by atoms with Crippen molar-refractivity contribution in [2.45, 2.75) is 0 Å². The zero-order chi connectivity index (χ0) is 0. The van der Waals surface area contributed by atoms with E-state index in [1.807, 2.05) is 0 Å². The van der Waals surface area contributed by atoms with Gasteiger partial charge in [-0.1, -0.05) is 0 Å². The molecule has 6 nitrogen and oxygen atoms in total. The molecule has 0 bridgehead atoms. The fourth-order valence-corrected chi connectivity index (χ4v) is 0. The molecule has 0 aromatic rings. The molecule has 0 saturated carbocycles. The molecule has 0 aromatic carbocycles. The fraction of sp³-hybridized carbons (Fsp3) is 0. The van der Waals surface area contributed by atoms with Crippen molar-refractivity contribution in [3.63, 3.8) is 0 Å². The fourth-order valence-electron chi connectivity index (χ4n) is 0. The number of rotatable bonds is 0. The van der Waals surface area contributed by atoms with Crippen LogP contribution in [0.15, 0.2) is 0 Å². The third-order valence-corrected chi connectivity index (χ3v) is 0. The molecule has 78 valence electrons. The monoisotopic (exact) mass is 272 g/mol. The minimum Gasteiger partial charge on any atom is -1.00 e. The molecule has 0 aliphatic heterocycles. The van der Waals surface area contributed by atoms with Crippen molar-refractivity contribution >= 4 is 0 Å². The van der Waals surface area contributed by atoms with Gasteiger partial charge in [0.1, 0.15) is 0 Å². The van der Waals surface area contributed by atoms with E-state index in [1.165, 1.54) is 0 Å². The van der Waals surface area contributed by atoms with Crippen molar-refractivity contribution in [1.82, 2.24) is 0 Å². The van der Waals surface area contributed by atoms with Crippen molar-refractivity contribution in [1.29, 1.82) is 0 Å². The molecular weight excluding hydrogens is 261 g/mol. The molecule has 0 heterocycles. The van der Waals surface area contributed by atoms with Gasteiger partial charge in [0, 0.05) is 0 Å². The van der Waals surface area contributed by atoms with Crippen molar-refractivity contribution in [3.05, 3.63) is 0 Å². The molecule has 0 radical (unpaired) electrons. The summed E-state index contributed by atoms with van der Waals surface area (Å²) in [5, 5.41) is 0. The minimum absolute atomic E-state index is 0. The Morgan fingerprint density at radius 3 is 0.300 bits per heavy atom. The van der Waals surface area contributed by atoms with Gasteiger partial charge in [0.25, 0.3) is 0 Å². The molecule has 0 saturated heterocycles. The normalized spacial score (nSPS) is 0. The number of halogens is 3. The van der Waals surface area contributed by atoms with Gasteiger partial charge in [0.05, 0.1) is 0 Å². The third kappa shape index (κ3) is 468. The zero-order valence-electron chi connectivity index (χ0n) is 4.47. The van der Waals surface area contributed by atoms with Crippen LogP contribution in [0.25, 0.3) is 0 Å². The molecule has 0 fully saturated rings. The molecule has 0 amide bonds. The van der Waals surface area contributed by atoms with Crippen LogP contribution in [0.5, 0.6) is 0 Å². The van der Waals surface area contributed by atoms with Gasteiger partial charge in [-0.3, -0.25) is 0 Å². The first-order valence-corrected chi connectivity index (χ1v) is 0. The van der Waals surface area contributed by atoms with Crippen molar-refractivity contribution in [2.75, 3.05) is 0 Å². The molecule has 0 aromatic heterocycles. The minimum atomic E-state index is 0. The van der Waals surface area contributed by atoms with Gasteiger partial charge in [-0.05, 0) is 0 Å². The van der Waals surface area contributed by atoms with Crippen molar-refractivity contribution in [2.24, 2.45) is 0 Å². The average molecular weight is 273 g/mol. The molecule has 0 rings (SSSR count). The van der Waals surface area contributed by atoms with Crippen LogP contribution in [0.2, 0.25) is 0 Å². The van der Waals surface area contributed by atoms with E-state index in [2.05, 4.69) is 0 Å². The van der Waals surface area contributed by atoms with Gasteiger partial charge in [-0.2, -0.15) is 0 Å². The largest absolute Gasteiger partial charge is 3.00 e. The summed E-state index contributed by atoms with van der Waals surface area (Å²) in [6.45, 7) is 0. The van der Waals surface area contributed by atoms with E-state index in [-0.39, 0.29) is 86.9 Å². The summed E-state index contributed by atoms with van der Waals surface area (Å²) in [5.74, 6) is 0. The van der Waals surface area contributed by atoms with Crippen LogP contribution in [-0.2, 0) is 16.8 Å². The summed E-state index contributed by atoms with van der Waals surface area (Å²) in [5.41, 5.74) is 0. The Bertz CT molecular complexity index is 13.0. The maximum atomic E-state index is 0. The Kier molecular flexibility index (Phi) is 58000. The van der Waals surface area contributed by atoms with Crippen molar-refractivity contribution < 1.29 is 86.9 Å². The smallest absolute Gasteiger partial charge is 1.00 e. The molecule has 0 spiro atoms. The number of hydrogen-bond donors (Lipinski definition) is 0. The van der Waals surface area contributed by atoms with E-state index in [0.29, 0.717) is 0 Å². The van der Waals surface area contributed by atoms with Gasteiger partial charge >= 0.3 is 16.8 Å². The first kappa shape index (κ1) is 886.